The number of nitrogens with one attached hydrogen (secondary N) is 1. The van der Waals surface area contributed by atoms with Crippen molar-refractivity contribution in [3.8, 4) is 0 Å². The predicted molar refractivity (Wildman–Crippen MR) is 197 cm³/mol. The van der Waals surface area contributed by atoms with Gasteiger partial charge in [0.05, 0.1) is 47.8 Å². The molecular weight excluding hydrogens is 682 g/mol. The van der Waals surface area contributed by atoms with Gasteiger partial charge in [-0.1, -0.05) is 96.5 Å². The number of anilines is 1. The van der Waals surface area contributed by atoms with E-state index < -0.39 is 66.1 Å². The second-order valence-electron chi connectivity index (χ2n) is 13.5. The fourth-order valence-corrected chi connectivity index (χ4v) is 8.50. The van der Waals surface area contributed by atoms with Crippen molar-refractivity contribution in [3.63, 3.8) is 0 Å². The Balaban J connectivity index is 1.39. The molecule has 11 heteroatoms. The molecule has 272 valence electrons. The third-order valence-electron chi connectivity index (χ3n) is 10.5. The number of aliphatic hydroxyl groups is 1. The highest BCUT2D eigenvalue weighted by Gasteiger charge is 2.76. The number of para-hydroxylation sites is 1. The number of aryl methyl sites for hydroxylation is 1. The number of carbonyl (C=O) groups is 4. The fourth-order valence-electron chi connectivity index (χ4n) is 8.18. The molecule has 0 aliphatic carbocycles. The van der Waals surface area contributed by atoms with Crippen LogP contribution in [0.25, 0.3) is 0 Å². The molecule has 0 unspecified atom stereocenters. The molecule has 0 saturated carbocycles. The summed E-state index contributed by atoms with van der Waals surface area (Å²) < 4.78 is 12.9. The number of ether oxygens (including phenoxy) is 2. The number of carbonyl (C=O) groups excluding carboxylic acids is 4. The van der Waals surface area contributed by atoms with Crippen molar-refractivity contribution in [3.05, 3.63) is 126 Å². The Morgan fingerprint density at radius 3 is 2.38 bits per heavy atom. The molecule has 3 fully saturated rings. The molecule has 0 aromatic heterocycles. The van der Waals surface area contributed by atoms with Crippen LogP contribution in [0.1, 0.15) is 54.5 Å². The van der Waals surface area contributed by atoms with Gasteiger partial charge in [0.2, 0.25) is 11.8 Å². The first kappa shape index (κ1) is 37.0. The molecular formula is C41H44ClN3O7. The Morgan fingerprint density at radius 1 is 1.06 bits per heavy atom. The molecule has 10 nitrogen and oxygen atoms in total. The van der Waals surface area contributed by atoms with Crippen LogP contribution in [0.4, 0.5) is 5.69 Å². The number of nitrogens with zero attached hydrogens (tertiary/aromatic N) is 2. The zero-order chi connectivity index (χ0) is 37.0. The van der Waals surface area contributed by atoms with Crippen molar-refractivity contribution in [2.75, 3.05) is 24.6 Å². The Bertz CT molecular complexity index is 1800. The maximum absolute atomic E-state index is 15.1. The van der Waals surface area contributed by atoms with Crippen LogP contribution in [0.5, 0.6) is 0 Å². The van der Waals surface area contributed by atoms with Gasteiger partial charge < -0.3 is 29.7 Å². The third kappa shape index (κ3) is 6.78. The van der Waals surface area contributed by atoms with Gasteiger partial charge in [0.25, 0.3) is 5.91 Å². The van der Waals surface area contributed by atoms with E-state index in [0.717, 1.165) is 5.56 Å². The minimum absolute atomic E-state index is 0.0231. The van der Waals surface area contributed by atoms with Gasteiger partial charge in [-0.05, 0) is 48.9 Å². The number of halogens is 1. The standard InChI is InChI=1S/C41H44ClN3O7/c1-4-6-20-33(47)43-24-32(28-17-11-8-12-18-28)51-40(50)34-31-21-22-41(52-31)35(34)38(48)45(30(25-46)27-15-9-7-10-16-27)37(41)39(49)44(23-5-2)36-26(3)14-13-19-29(36)42/h4-5,7-19,30-32,34-35,37,46H,1-2,6,20-25H2,3H3,(H,43,47)/t30-,31+,32+,34-,35-,37+,41-/m1/s1. The highest BCUT2D eigenvalue weighted by atomic mass is 35.5. The molecule has 52 heavy (non-hydrogen) atoms. The molecule has 3 aromatic carbocycles. The maximum Gasteiger partial charge on any atom is 0.313 e. The predicted octanol–water partition coefficient (Wildman–Crippen LogP) is 5.64. The summed E-state index contributed by atoms with van der Waals surface area (Å²) in [5.74, 6) is -3.90. The van der Waals surface area contributed by atoms with Crippen LogP contribution in [-0.2, 0) is 28.7 Å². The van der Waals surface area contributed by atoms with Crippen LogP contribution in [0.3, 0.4) is 0 Å². The molecule has 3 aromatic rings. The Labute approximate surface area is 309 Å². The lowest BCUT2D eigenvalue weighted by Crippen LogP contribution is -2.57. The van der Waals surface area contributed by atoms with Crippen molar-refractivity contribution < 1.29 is 33.8 Å². The normalized spacial score (nSPS) is 24.1. The number of hydrogen-bond acceptors (Lipinski definition) is 7. The Hall–Kier alpha value is -4.77. The number of rotatable bonds is 15. The zero-order valence-corrected chi connectivity index (χ0v) is 29.9. The van der Waals surface area contributed by atoms with Crippen molar-refractivity contribution in [2.24, 2.45) is 11.8 Å². The van der Waals surface area contributed by atoms with Crippen LogP contribution in [0, 0.1) is 18.8 Å². The number of hydrogen-bond donors (Lipinski definition) is 2. The third-order valence-corrected chi connectivity index (χ3v) is 10.8. The van der Waals surface area contributed by atoms with E-state index in [9.17, 15) is 19.5 Å². The van der Waals surface area contributed by atoms with Gasteiger partial charge in [-0.25, -0.2) is 0 Å². The zero-order valence-electron chi connectivity index (χ0n) is 29.2. The van der Waals surface area contributed by atoms with Gasteiger partial charge in [0.1, 0.15) is 17.7 Å². The monoisotopic (exact) mass is 725 g/mol. The summed E-state index contributed by atoms with van der Waals surface area (Å²) in [6.07, 6.45) is 3.21. The van der Waals surface area contributed by atoms with E-state index in [2.05, 4.69) is 18.5 Å². The molecule has 3 aliphatic rings. The minimum Gasteiger partial charge on any atom is -0.455 e. The summed E-state index contributed by atoms with van der Waals surface area (Å²) in [6, 6.07) is 21.3. The summed E-state index contributed by atoms with van der Waals surface area (Å²) in [5.41, 5.74) is 1.13. The summed E-state index contributed by atoms with van der Waals surface area (Å²) >= 11 is 6.71. The molecule has 2 bridgehead atoms. The second-order valence-corrected chi connectivity index (χ2v) is 13.9. The van der Waals surface area contributed by atoms with Gasteiger partial charge in [-0.15, -0.1) is 13.2 Å². The lowest BCUT2D eigenvalue weighted by molar-refractivity contribution is -0.161. The van der Waals surface area contributed by atoms with Crippen LogP contribution < -0.4 is 10.2 Å². The second kappa shape index (κ2) is 15.9. The van der Waals surface area contributed by atoms with Crippen molar-refractivity contribution in [1.29, 1.82) is 0 Å². The van der Waals surface area contributed by atoms with Crippen LogP contribution >= 0.6 is 11.6 Å². The molecule has 1 spiro atoms. The summed E-state index contributed by atoms with van der Waals surface area (Å²) in [6.45, 7) is 9.03. The molecule has 3 amide bonds. The average Bonchev–Trinajstić information content (AvgIpc) is 3.80. The number of aliphatic hydroxyl groups excluding tert-OH is 1. The quantitative estimate of drug-likeness (QED) is 0.153. The summed E-state index contributed by atoms with van der Waals surface area (Å²) in [7, 11) is 0. The van der Waals surface area contributed by atoms with Gasteiger partial charge in [0, 0.05) is 13.0 Å². The fraction of sp³-hybridized carbons (Fsp3) is 0.366. The van der Waals surface area contributed by atoms with Crippen LogP contribution in [-0.4, -0.2) is 71.1 Å². The first-order chi connectivity index (χ1) is 25.2. The number of allylic oxidation sites excluding steroid dienone is 1. The molecule has 6 rings (SSSR count). The van der Waals surface area contributed by atoms with E-state index in [-0.39, 0.29) is 25.4 Å². The first-order valence-corrected chi connectivity index (χ1v) is 18.0. The summed E-state index contributed by atoms with van der Waals surface area (Å²) in [5, 5.41) is 14.1. The molecule has 0 radical (unpaired) electrons. The van der Waals surface area contributed by atoms with Gasteiger partial charge in [0.15, 0.2) is 0 Å². The van der Waals surface area contributed by atoms with E-state index in [1.165, 1.54) is 9.80 Å². The molecule has 3 heterocycles. The number of likely N-dealkylation sites (tertiary alicyclic amines) is 1. The smallest absolute Gasteiger partial charge is 0.313 e. The van der Waals surface area contributed by atoms with Crippen molar-refractivity contribution >= 4 is 41.0 Å². The van der Waals surface area contributed by atoms with E-state index in [4.69, 9.17) is 21.1 Å². The minimum atomic E-state index is -1.39. The highest BCUT2D eigenvalue weighted by Crippen LogP contribution is 2.60. The van der Waals surface area contributed by atoms with E-state index in [1.807, 2.05) is 37.3 Å². The largest absolute Gasteiger partial charge is 0.455 e. The average molecular weight is 726 g/mol. The van der Waals surface area contributed by atoms with Gasteiger partial charge in [-0.2, -0.15) is 0 Å². The highest BCUT2D eigenvalue weighted by molar-refractivity contribution is 6.34. The molecule has 7 atom stereocenters. The van der Waals surface area contributed by atoms with Crippen molar-refractivity contribution in [2.45, 2.75) is 62.5 Å². The molecule has 3 saturated heterocycles. The summed E-state index contributed by atoms with van der Waals surface area (Å²) in [4.78, 5) is 59.9. The van der Waals surface area contributed by atoms with Crippen LogP contribution in [0.2, 0.25) is 5.02 Å². The molecule has 2 N–H and O–H groups in total. The number of benzene rings is 3. The van der Waals surface area contributed by atoms with Crippen LogP contribution in [0.15, 0.2) is 104 Å². The number of amides is 3. The van der Waals surface area contributed by atoms with E-state index in [0.29, 0.717) is 41.1 Å². The van der Waals surface area contributed by atoms with Gasteiger partial charge in [-0.3, -0.25) is 19.2 Å². The Kier molecular flexibility index (Phi) is 11.3. The van der Waals surface area contributed by atoms with E-state index in [1.54, 1.807) is 60.7 Å². The Morgan fingerprint density at radius 2 is 1.75 bits per heavy atom. The maximum atomic E-state index is 15.1. The lowest BCUT2D eigenvalue weighted by Gasteiger charge is -2.39. The number of esters is 1. The lowest BCUT2D eigenvalue weighted by atomic mass is 9.70. The molecule has 3 aliphatic heterocycles. The topological polar surface area (TPSA) is 125 Å². The number of fused-ring (bicyclic) bond motifs is 1. The SMILES string of the molecule is C=CCCC(=O)NC[C@H](OC(=O)[C@@H]1[C@@H]2CC[C@]3(O2)[C@H](C(=O)N(CC=C)c2c(C)cccc2Cl)N([C@H](CO)c2ccccc2)C(=O)[C@@H]13)c1ccccc1. The first-order valence-electron chi connectivity index (χ1n) is 17.6. The van der Waals surface area contributed by atoms with Gasteiger partial charge >= 0.3 is 5.97 Å². The van der Waals surface area contributed by atoms with Crippen molar-refractivity contribution in [1.82, 2.24) is 10.2 Å². The van der Waals surface area contributed by atoms with E-state index >= 15 is 4.79 Å².